The van der Waals surface area contributed by atoms with Crippen molar-refractivity contribution in [3.05, 3.63) is 53.0 Å². The molecule has 1 fully saturated rings. The molecule has 6 nitrogen and oxygen atoms in total. The van der Waals surface area contributed by atoms with Gasteiger partial charge in [-0.1, -0.05) is 18.2 Å². The summed E-state index contributed by atoms with van der Waals surface area (Å²) in [4.78, 5) is 19.3. The molecule has 7 heteroatoms. The molecule has 27 heavy (non-hydrogen) atoms. The van der Waals surface area contributed by atoms with E-state index in [1.807, 2.05) is 24.3 Å². The van der Waals surface area contributed by atoms with Gasteiger partial charge in [0.15, 0.2) is 0 Å². The minimum atomic E-state index is -0.102. The van der Waals surface area contributed by atoms with Crippen LogP contribution in [0, 0.1) is 0 Å². The fraction of sp³-hybridized carbons (Fsp3) is 0.300. The van der Waals surface area contributed by atoms with Crippen LogP contribution in [0.25, 0.3) is 10.2 Å². The Kier molecular flexibility index (Phi) is 5.22. The van der Waals surface area contributed by atoms with E-state index >= 15 is 0 Å². The molecule has 2 heterocycles. The van der Waals surface area contributed by atoms with Crippen molar-refractivity contribution in [2.24, 2.45) is 0 Å². The minimum Gasteiger partial charge on any atom is -0.494 e. The van der Waals surface area contributed by atoms with Crippen molar-refractivity contribution in [3.63, 3.8) is 0 Å². The van der Waals surface area contributed by atoms with Gasteiger partial charge in [0.05, 0.1) is 37.3 Å². The molecule has 0 aliphatic carbocycles. The third-order valence-electron chi connectivity index (χ3n) is 4.54. The minimum absolute atomic E-state index is 0.102. The molecule has 4 rings (SSSR count). The number of carbonyl (C=O) groups excluding carboxylic acids is 1. The summed E-state index contributed by atoms with van der Waals surface area (Å²) in [7, 11) is 1.65. The van der Waals surface area contributed by atoms with Crippen LogP contribution in [-0.2, 0) is 11.3 Å². The fourth-order valence-corrected chi connectivity index (χ4v) is 4.22. The van der Waals surface area contributed by atoms with Crippen LogP contribution in [0.15, 0.2) is 42.5 Å². The topological polar surface area (TPSA) is 63.7 Å². The summed E-state index contributed by atoms with van der Waals surface area (Å²) in [5.74, 6) is 0.647. The van der Waals surface area contributed by atoms with Gasteiger partial charge in [0.25, 0.3) is 5.91 Å². The number of aromatic nitrogens is 1. The van der Waals surface area contributed by atoms with E-state index in [1.165, 1.54) is 0 Å². The Morgan fingerprint density at radius 2 is 2.00 bits per heavy atom. The van der Waals surface area contributed by atoms with Gasteiger partial charge in [0.2, 0.25) is 0 Å². The van der Waals surface area contributed by atoms with Gasteiger partial charge in [0.1, 0.15) is 16.3 Å². The van der Waals surface area contributed by atoms with Crippen LogP contribution in [0.4, 0.5) is 5.69 Å². The van der Waals surface area contributed by atoms with Crippen LogP contribution >= 0.6 is 11.3 Å². The number of benzene rings is 2. The highest BCUT2D eigenvalue weighted by Crippen LogP contribution is 2.37. The average Bonchev–Trinajstić information content (AvgIpc) is 3.17. The summed E-state index contributed by atoms with van der Waals surface area (Å²) in [5, 5.41) is 3.80. The number of hydrogen-bond donors (Lipinski definition) is 1. The number of amides is 1. The number of carbonyl (C=O) groups is 1. The molecule has 1 amide bonds. The quantitative estimate of drug-likeness (QED) is 0.734. The van der Waals surface area contributed by atoms with Gasteiger partial charge >= 0.3 is 0 Å². The number of fused-ring (bicyclic) bond motifs is 1. The van der Waals surface area contributed by atoms with E-state index in [9.17, 15) is 4.79 Å². The SMILES string of the molecule is COc1ccc(N2CCOCC2)c2sc(CNC(=O)c3ccccc3)nc12. The van der Waals surface area contributed by atoms with Crippen molar-refractivity contribution in [2.75, 3.05) is 38.3 Å². The zero-order valence-corrected chi connectivity index (χ0v) is 15.9. The molecule has 2 aromatic carbocycles. The molecule has 0 bridgehead atoms. The average molecular weight is 383 g/mol. The van der Waals surface area contributed by atoms with Crippen molar-refractivity contribution in [2.45, 2.75) is 6.54 Å². The molecule has 0 radical (unpaired) electrons. The number of nitrogens with zero attached hydrogens (tertiary/aromatic N) is 2. The molecular formula is C20H21N3O3S. The Morgan fingerprint density at radius 3 is 2.74 bits per heavy atom. The van der Waals surface area contributed by atoms with E-state index in [0.717, 1.165) is 53.0 Å². The zero-order valence-electron chi connectivity index (χ0n) is 15.1. The number of methoxy groups -OCH3 is 1. The standard InChI is InChI=1S/C20H21N3O3S/c1-25-16-8-7-15(23-9-11-26-12-10-23)19-18(16)22-17(27-19)13-21-20(24)14-5-3-2-4-6-14/h2-8H,9-13H2,1H3,(H,21,24). The monoisotopic (exact) mass is 383 g/mol. The zero-order chi connectivity index (χ0) is 18.6. The van der Waals surface area contributed by atoms with Crippen LogP contribution in [0.3, 0.4) is 0 Å². The lowest BCUT2D eigenvalue weighted by atomic mass is 10.2. The third kappa shape index (κ3) is 3.74. The number of morpholine rings is 1. The fourth-order valence-electron chi connectivity index (χ4n) is 3.16. The second kappa shape index (κ2) is 7.94. The Hall–Kier alpha value is -2.64. The normalized spacial score (nSPS) is 14.3. The predicted octanol–water partition coefficient (Wildman–Crippen LogP) is 3.07. The summed E-state index contributed by atoms with van der Waals surface area (Å²) in [6, 6.07) is 13.2. The van der Waals surface area contributed by atoms with Crippen LogP contribution in [0.5, 0.6) is 5.75 Å². The van der Waals surface area contributed by atoms with Crippen LogP contribution in [-0.4, -0.2) is 44.3 Å². The molecule has 1 saturated heterocycles. The molecule has 0 spiro atoms. The van der Waals surface area contributed by atoms with Crippen LogP contribution in [0.2, 0.25) is 0 Å². The number of anilines is 1. The maximum absolute atomic E-state index is 12.3. The van der Waals surface area contributed by atoms with Crippen LogP contribution in [0.1, 0.15) is 15.4 Å². The Morgan fingerprint density at radius 1 is 1.22 bits per heavy atom. The number of ether oxygens (including phenoxy) is 2. The molecule has 1 aromatic heterocycles. The Bertz CT molecular complexity index is 936. The smallest absolute Gasteiger partial charge is 0.251 e. The van der Waals surface area contributed by atoms with Gasteiger partial charge in [-0.05, 0) is 24.3 Å². The van der Waals surface area contributed by atoms with E-state index in [-0.39, 0.29) is 5.91 Å². The summed E-state index contributed by atoms with van der Waals surface area (Å²) >= 11 is 1.60. The highest BCUT2D eigenvalue weighted by molar-refractivity contribution is 7.19. The summed E-state index contributed by atoms with van der Waals surface area (Å²) in [6.45, 7) is 3.57. The predicted molar refractivity (Wildman–Crippen MR) is 107 cm³/mol. The number of nitrogens with one attached hydrogen (secondary N) is 1. The van der Waals surface area contributed by atoms with Crippen molar-refractivity contribution >= 4 is 33.1 Å². The van der Waals surface area contributed by atoms with Crippen molar-refractivity contribution in [1.29, 1.82) is 0 Å². The second-order valence-corrected chi connectivity index (χ2v) is 7.30. The second-order valence-electron chi connectivity index (χ2n) is 6.22. The van der Waals surface area contributed by atoms with E-state index in [4.69, 9.17) is 14.5 Å². The molecule has 3 aromatic rings. The van der Waals surface area contributed by atoms with E-state index < -0.39 is 0 Å². The molecule has 0 unspecified atom stereocenters. The van der Waals surface area contributed by atoms with E-state index in [0.29, 0.717) is 12.1 Å². The number of rotatable bonds is 5. The van der Waals surface area contributed by atoms with Gasteiger partial charge < -0.3 is 19.7 Å². The van der Waals surface area contributed by atoms with Crippen molar-refractivity contribution in [3.8, 4) is 5.75 Å². The largest absolute Gasteiger partial charge is 0.494 e. The molecule has 1 N–H and O–H groups in total. The Labute approximate surface area is 161 Å². The lowest BCUT2D eigenvalue weighted by molar-refractivity contribution is 0.0951. The first-order valence-electron chi connectivity index (χ1n) is 8.88. The maximum Gasteiger partial charge on any atom is 0.251 e. The van der Waals surface area contributed by atoms with Gasteiger partial charge in [-0.3, -0.25) is 4.79 Å². The first-order chi connectivity index (χ1) is 13.3. The van der Waals surface area contributed by atoms with Gasteiger partial charge in [0, 0.05) is 18.7 Å². The highest BCUT2D eigenvalue weighted by atomic mass is 32.1. The lowest BCUT2D eigenvalue weighted by Gasteiger charge is -2.29. The van der Waals surface area contributed by atoms with E-state index in [1.54, 1.807) is 30.6 Å². The molecular weight excluding hydrogens is 362 g/mol. The summed E-state index contributed by atoms with van der Waals surface area (Å²) in [5.41, 5.74) is 2.63. The molecule has 1 aliphatic rings. The first-order valence-corrected chi connectivity index (χ1v) is 9.70. The summed E-state index contributed by atoms with van der Waals surface area (Å²) in [6.07, 6.45) is 0. The molecule has 0 atom stereocenters. The van der Waals surface area contributed by atoms with Crippen molar-refractivity contribution in [1.82, 2.24) is 10.3 Å². The van der Waals surface area contributed by atoms with Crippen molar-refractivity contribution < 1.29 is 14.3 Å². The number of hydrogen-bond acceptors (Lipinski definition) is 6. The maximum atomic E-state index is 12.3. The number of thiazole rings is 1. The lowest BCUT2D eigenvalue weighted by Crippen LogP contribution is -2.36. The molecule has 1 aliphatic heterocycles. The highest BCUT2D eigenvalue weighted by Gasteiger charge is 2.19. The summed E-state index contributed by atoms with van der Waals surface area (Å²) < 4.78 is 12.0. The van der Waals surface area contributed by atoms with E-state index in [2.05, 4.69) is 16.3 Å². The van der Waals surface area contributed by atoms with Crippen LogP contribution < -0.4 is 15.0 Å². The first kappa shape index (κ1) is 17.8. The molecule has 140 valence electrons. The third-order valence-corrected chi connectivity index (χ3v) is 5.62. The van der Waals surface area contributed by atoms with Gasteiger partial charge in [-0.2, -0.15) is 0 Å². The Balaban J connectivity index is 1.59. The van der Waals surface area contributed by atoms with Gasteiger partial charge in [-0.15, -0.1) is 11.3 Å². The molecule has 0 saturated carbocycles. The van der Waals surface area contributed by atoms with Gasteiger partial charge in [-0.25, -0.2) is 4.98 Å².